The molecule has 0 saturated heterocycles. The summed E-state index contributed by atoms with van der Waals surface area (Å²) in [7, 11) is -3.31. The van der Waals surface area contributed by atoms with Crippen LogP contribution in [0.1, 0.15) is 0 Å². The van der Waals surface area contributed by atoms with Gasteiger partial charge in [-0.05, 0) is 36.4 Å². The van der Waals surface area contributed by atoms with Crippen LogP contribution in [0.3, 0.4) is 0 Å². The Morgan fingerprint density at radius 1 is 1.15 bits per heavy atom. The van der Waals surface area contributed by atoms with E-state index in [2.05, 4.69) is 0 Å². The van der Waals surface area contributed by atoms with E-state index in [1.165, 1.54) is 17.0 Å². The van der Waals surface area contributed by atoms with Crippen molar-refractivity contribution in [3.05, 3.63) is 70.1 Å². The third kappa shape index (κ3) is 4.38. The molecule has 1 aliphatic rings. The number of halogens is 2. The van der Waals surface area contributed by atoms with E-state index in [9.17, 15) is 13.2 Å². The van der Waals surface area contributed by atoms with Crippen molar-refractivity contribution < 1.29 is 17.9 Å². The van der Waals surface area contributed by atoms with Gasteiger partial charge in [-0.3, -0.25) is 4.79 Å². The molecule has 1 heterocycles. The number of hydrogen-bond acceptors (Lipinski definition) is 4. The molecule has 2 aromatic rings. The lowest BCUT2D eigenvalue weighted by atomic mass is 10.2. The molecule has 3 rings (SSSR count). The van der Waals surface area contributed by atoms with E-state index in [4.69, 9.17) is 27.9 Å². The van der Waals surface area contributed by atoms with Crippen LogP contribution in [0.4, 0.5) is 5.69 Å². The van der Waals surface area contributed by atoms with Gasteiger partial charge in [0.2, 0.25) is 0 Å². The fourth-order valence-corrected chi connectivity index (χ4v) is 4.36. The zero-order valence-electron chi connectivity index (χ0n) is 13.5. The third-order valence-electron chi connectivity index (χ3n) is 3.79. The summed E-state index contributed by atoms with van der Waals surface area (Å²) in [5, 5.41) is 1.89. The predicted molar refractivity (Wildman–Crippen MR) is 103 cm³/mol. The quantitative estimate of drug-likeness (QED) is 0.751. The first kappa shape index (κ1) is 18.8. The highest BCUT2D eigenvalue weighted by atomic mass is 35.5. The lowest BCUT2D eigenvalue weighted by Gasteiger charge is -2.27. The van der Waals surface area contributed by atoms with Gasteiger partial charge in [-0.15, -0.1) is 0 Å². The summed E-state index contributed by atoms with van der Waals surface area (Å²) in [5.74, 6) is -0.212. The molecule has 1 amide bonds. The van der Waals surface area contributed by atoms with E-state index in [0.29, 0.717) is 21.5 Å². The van der Waals surface area contributed by atoms with E-state index in [0.717, 1.165) is 5.41 Å². The van der Waals surface area contributed by atoms with Crippen LogP contribution in [-0.4, -0.2) is 32.7 Å². The van der Waals surface area contributed by atoms with Crippen molar-refractivity contribution in [1.82, 2.24) is 0 Å². The number of amides is 1. The first-order valence-electron chi connectivity index (χ1n) is 7.72. The fourth-order valence-electron chi connectivity index (χ4n) is 2.63. The summed E-state index contributed by atoms with van der Waals surface area (Å²) in [5.41, 5.74) is 0.593. The second-order valence-electron chi connectivity index (χ2n) is 5.69. The zero-order valence-corrected chi connectivity index (χ0v) is 15.8. The normalized spacial score (nSPS) is 17.8. The van der Waals surface area contributed by atoms with E-state index in [1.54, 1.807) is 36.4 Å². The van der Waals surface area contributed by atoms with Crippen molar-refractivity contribution in [3.63, 3.8) is 0 Å². The van der Waals surface area contributed by atoms with Crippen LogP contribution in [0.25, 0.3) is 0 Å². The van der Waals surface area contributed by atoms with Gasteiger partial charge in [0.05, 0.1) is 16.8 Å². The number of nitrogens with zero attached hydrogens (tertiary/aromatic N) is 1. The summed E-state index contributed by atoms with van der Waals surface area (Å²) >= 11 is 11.9. The van der Waals surface area contributed by atoms with Crippen LogP contribution in [0.2, 0.25) is 10.0 Å². The number of carbonyl (C=O) groups is 1. The largest absolute Gasteiger partial charge is 0.482 e. The van der Waals surface area contributed by atoms with E-state index in [1.807, 2.05) is 6.07 Å². The van der Waals surface area contributed by atoms with Crippen molar-refractivity contribution in [3.8, 4) is 5.75 Å². The van der Waals surface area contributed by atoms with Crippen LogP contribution in [0.15, 0.2) is 60.0 Å². The minimum absolute atomic E-state index is 0.157. The number of hydrogen-bond donors (Lipinski definition) is 0. The van der Waals surface area contributed by atoms with Gasteiger partial charge < -0.3 is 9.64 Å². The molecule has 0 aliphatic carbocycles. The molecule has 1 aliphatic heterocycles. The molecule has 0 aromatic heterocycles. The highest BCUT2D eigenvalue weighted by Crippen LogP contribution is 2.28. The molecule has 26 heavy (non-hydrogen) atoms. The molecule has 0 spiro atoms. The Morgan fingerprint density at radius 3 is 2.50 bits per heavy atom. The molecule has 0 N–H and O–H groups in total. The molecule has 1 atom stereocenters. The lowest BCUT2D eigenvalue weighted by Crippen LogP contribution is -2.43. The van der Waals surface area contributed by atoms with Crippen molar-refractivity contribution in [2.75, 3.05) is 17.3 Å². The minimum Gasteiger partial charge on any atom is -0.482 e. The molecule has 0 saturated carbocycles. The van der Waals surface area contributed by atoms with Crippen molar-refractivity contribution in [2.24, 2.45) is 0 Å². The third-order valence-corrected chi connectivity index (χ3v) is 5.70. The Kier molecular flexibility index (Phi) is 5.55. The maximum atomic E-state index is 12.8. The molecule has 136 valence electrons. The van der Waals surface area contributed by atoms with Gasteiger partial charge in [0, 0.05) is 16.1 Å². The molecule has 0 bridgehead atoms. The SMILES string of the molecule is O=C(COc1ccc(Cl)cc1Cl)N(c1ccccc1)C1C=CS(=O)(=O)C1. The van der Waals surface area contributed by atoms with Crippen molar-refractivity contribution >= 4 is 44.6 Å². The smallest absolute Gasteiger partial charge is 0.265 e. The maximum absolute atomic E-state index is 12.8. The van der Waals surface area contributed by atoms with Crippen molar-refractivity contribution in [2.45, 2.75) is 6.04 Å². The Labute approximate surface area is 161 Å². The number of carbonyl (C=O) groups excluding carboxylic acids is 1. The van der Waals surface area contributed by atoms with Crippen LogP contribution >= 0.6 is 23.2 Å². The molecule has 0 radical (unpaired) electrons. The van der Waals surface area contributed by atoms with E-state index in [-0.39, 0.29) is 18.3 Å². The summed E-state index contributed by atoms with van der Waals surface area (Å²) in [6, 6.07) is 13.0. The zero-order chi connectivity index (χ0) is 18.7. The first-order valence-corrected chi connectivity index (χ1v) is 10.2. The molecule has 1 unspecified atom stereocenters. The highest BCUT2D eigenvalue weighted by molar-refractivity contribution is 7.94. The van der Waals surface area contributed by atoms with Gasteiger partial charge in [0.15, 0.2) is 16.4 Å². The van der Waals surface area contributed by atoms with E-state index >= 15 is 0 Å². The molecule has 5 nitrogen and oxygen atoms in total. The Bertz CT molecular complexity index is 945. The second kappa shape index (κ2) is 7.70. The minimum atomic E-state index is -3.31. The molecular weight excluding hydrogens is 397 g/mol. The predicted octanol–water partition coefficient (Wildman–Crippen LogP) is 3.72. The number of benzene rings is 2. The summed E-state index contributed by atoms with van der Waals surface area (Å²) < 4.78 is 29.1. The van der Waals surface area contributed by atoms with Gasteiger partial charge in [-0.25, -0.2) is 8.42 Å². The Balaban J connectivity index is 1.80. The molecule has 8 heteroatoms. The lowest BCUT2D eigenvalue weighted by molar-refractivity contribution is -0.120. The van der Waals surface area contributed by atoms with Gasteiger partial charge in [-0.2, -0.15) is 0 Å². The van der Waals surface area contributed by atoms with Crippen molar-refractivity contribution in [1.29, 1.82) is 0 Å². The van der Waals surface area contributed by atoms with Gasteiger partial charge in [0.25, 0.3) is 5.91 Å². The number of ether oxygens (including phenoxy) is 1. The fraction of sp³-hybridized carbons (Fsp3) is 0.167. The Hall–Kier alpha value is -2.02. The van der Waals surface area contributed by atoms with E-state index < -0.39 is 15.9 Å². The summed E-state index contributed by atoms with van der Waals surface area (Å²) in [4.78, 5) is 14.2. The standard InChI is InChI=1S/C18H15Cl2NO4S/c19-13-6-7-17(16(20)10-13)25-11-18(22)21(14-4-2-1-3-5-14)15-8-9-26(23,24)12-15/h1-10,15H,11-12H2. The topological polar surface area (TPSA) is 63.7 Å². The molecular formula is C18H15Cl2NO4S. The average Bonchev–Trinajstić information content (AvgIpc) is 2.95. The number of anilines is 1. The van der Waals surface area contributed by atoms with Crippen LogP contribution < -0.4 is 9.64 Å². The van der Waals surface area contributed by atoms with Crippen LogP contribution in [0, 0.1) is 0 Å². The number of sulfone groups is 1. The average molecular weight is 412 g/mol. The van der Waals surface area contributed by atoms with Gasteiger partial charge in [0.1, 0.15) is 5.75 Å². The van der Waals surface area contributed by atoms with Crippen LogP contribution in [-0.2, 0) is 14.6 Å². The molecule has 2 aromatic carbocycles. The van der Waals surface area contributed by atoms with Gasteiger partial charge in [-0.1, -0.05) is 41.4 Å². The first-order chi connectivity index (χ1) is 12.4. The highest BCUT2D eigenvalue weighted by Gasteiger charge is 2.31. The monoisotopic (exact) mass is 411 g/mol. The maximum Gasteiger partial charge on any atom is 0.265 e. The number of para-hydroxylation sites is 1. The van der Waals surface area contributed by atoms with Gasteiger partial charge >= 0.3 is 0 Å². The van der Waals surface area contributed by atoms with Crippen LogP contribution in [0.5, 0.6) is 5.75 Å². The summed E-state index contributed by atoms with van der Waals surface area (Å²) in [6.07, 6.45) is 1.51. The number of rotatable bonds is 5. The second-order valence-corrected chi connectivity index (χ2v) is 8.46. The molecule has 0 fully saturated rings. The summed E-state index contributed by atoms with van der Waals surface area (Å²) in [6.45, 7) is -0.291. The Morgan fingerprint density at radius 2 is 1.88 bits per heavy atom.